The Morgan fingerprint density at radius 1 is 1.28 bits per heavy atom. The molecule has 0 radical (unpaired) electrons. The fourth-order valence-electron chi connectivity index (χ4n) is 2.93. The topological polar surface area (TPSA) is 50.7 Å². The number of ether oxygens (including phenoxy) is 1. The van der Waals surface area contributed by atoms with Crippen LogP contribution in [0.15, 0.2) is 58.7 Å². The van der Waals surface area contributed by atoms with E-state index in [1.165, 1.54) is 23.9 Å². The summed E-state index contributed by atoms with van der Waals surface area (Å²) in [6.07, 6.45) is 0. The molecule has 2 aromatic carbocycles. The van der Waals surface area contributed by atoms with Crippen molar-refractivity contribution in [1.29, 1.82) is 0 Å². The molecule has 152 valence electrons. The average Bonchev–Trinajstić information content (AvgIpc) is 2.68. The number of allylic oxidation sites excluding steroid dienone is 1. The molecule has 0 aromatic heterocycles. The van der Waals surface area contributed by atoms with Gasteiger partial charge in [0.2, 0.25) is 0 Å². The molecule has 1 aliphatic heterocycles. The molecular weight excluding hydrogens is 434 g/mol. The number of esters is 1. The van der Waals surface area contributed by atoms with Crippen LogP contribution in [0.5, 0.6) is 0 Å². The lowest BCUT2D eigenvalue weighted by Crippen LogP contribution is -2.30. The molecule has 29 heavy (non-hydrogen) atoms. The van der Waals surface area contributed by atoms with Crippen LogP contribution in [0.25, 0.3) is 0 Å². The summed E-state index contributed by atoms with van der Waals surface area (Å²) in [6, 6.07) is 11.0. The van der Waals surface area contributed by atoms with E-state index in [9.17, 15) is 9.18 Å². The second-order valence-electron chi connectivity index (χ2n) is 6.28. The zero-order valence-corrected chi connectivity index (χ0v) is 18.2. The minimum atomic E-state index is -0.656. The minimum Gasteiger partial charge on any atom is -0.463 e. The molecule has 0 aliphatic carbocycles. The van der Waals surface area contributed by atoms with Gasteiger partial charge in [-0.15, -0.1) is 0 Å². The number of halogens is 3. The first kappa shape index (κ1) is 21.7. The van der Waals surface area contributed by atoms with E-state index in [0.29, 0.717) is 37.8 Å². The van der Waals surface area contributed by atoms with Gasteiger partial charge in [0.1, 0.15) is 11.9 Å². The van der Waals surface area contributed by atoms with Crippen molar-refractivity contribution in [2.75, 3.05) is 6.61 Å². The van der Waals surface area contributed by atoms with Crippen molar-refractivity contribution in [2.45, 2.75) is 25.6 Å². The summed E-state index contributed by atoms with van der Waals surface area (Å²) in [6.45, 7) is 3.78. The zero-order chi connectivity index (χ0) is 21.0. The van der Waals surface area contributed by atoms with Crippen LogP contribution in [-0.2, 0) is 15.3 Å². The van der Waals surface area contributed by atoms with Crippen LogP contribution in [-0.4, -0.2) is 17.7 Å². The quantitative estimate of drug-likeness (QED) is 0.573. The van der Waals surface area contributed by atoms with E-state index < -0.39 is 12.0 Å². The highest BCUT2D eigenvalue weighted by atomic mass is 35.5. The predicted octanol–water partition coefficient (Wildman–Crippen LogP) is 5.90. The lowest BCUT2D eigenvalue weighted by atomic mass is 9.96. The Hall–Kier alpha value is -2.02. The van der Waals surface area contributed by atoms with Gasteiger partial charge in [-0.1, -0.05) is 59.2 Å². The van der Waals surface area contributed by atoms with Crippen molar-refractivity contribution >= 4 is 46.1 Å². The van der Waals surface area contributed by atoms with Gasteiger partial charge in [0.05, 0.1) is 22.2 Å². The number of thioether (sulfide) groups is 1. The maximum Gasteiger partial charge on any atom is 0.338 e. The molecule has 1 atom stereocenters. The molecule has 0 saturated carbocycles. The van der Waals surface area contributed by atoms with Crippen molar-refractivity contribution in [3.8, 4) is 0 Å². The third kappa shape index (κ3) is 5.13. The number of carbonyl (C=O) groups is 1. The van der Waals surface area contributed by atoms with Crippen molar-refractivity contribution in [3.05, 3.63) is 80.7 Å². The second kappa shape index (κ2) is 9.65. The zero-order valence-electron chi connectivity index (χ0n) is 15.8. The Kier molecular flexibility index (Phi) is 7.22. The maximum absolute atomic E-state index is 13.4. The lowest BCUT2D eigenvalue weighted by molar-refractivity contribution is -0.138. The van der Waals surface area contributed by atoms with Crippen LogP contribution >= 0.6 is 35.0 Å². The molecule has 0 spiro atoms. The highest BCUT2D eigenvalue weighted by Gasteiger charge is 2.32. The van der Waals surface area contributed by atoms with Gasteiger partial charge in [0, 0.05) is 17.0 Å². The van der Waals surface area contributed by atoms with Crippen LogP contribution < -0.4 is 5.32 Å². The van der Waals surface area contributed by atoms with Crippen LogP contribution in [0.2, 0.25) is 10.0 Å². The lowest BCUT2D eigenvalue weighted by Gasteiger charge is -2.26. The summed E-state index contributed by atoms with van der Waals surface area (Å²) in [7, 11) is 0. The molecule has 1 N–H and O–H groups in total. The number of carbonyl (C=O) groups excluding carboxylic acids is 1. The Morgan fingerprint density at radius 3 is 2.76 bits per heavy atom. The normalized spacial score (nSPS) is 16.3. The summed E-state index contributed by atoms with van der Waals surface area (Å²) in [5.74, 6) is -0.232. The van der Waals surface area contributed by atoms with Crippen LogP contribution in [0.4, 0.5) is 4.39 Å². The molecule has 3 rings (SSSR count). The van der Waals surface area contributed by atoms with Gasteiger partial charge in [0.25, 0.3) is 0 Å². The third-order valence-corrected chi connectivity index (χ3v) is 6.05. The van der Waals surface area contributed by atoms with Gasteiger partial charge in [-0.05, 0) is 37.6 Å². The summed E-state index contributed by atoms with van der Waals surface area (Å²) in [5.41, 5.74) is 2.45. The summed E-state index contributed by atoms with van der Waals surface area (Å²) in [4.78, 5) is 17.3. The highest BCUT2D eigenvalue weighted by Crippen LogP contribution is 2.39. The Balaban J connectivity index is 1.94. The first-order valence-corrected chi connectivity index (χ1v) is 10.7. The van der Waals surface area contributed by atoms with E-state index in [4.69, 9.17) is 32.9 Å². The predicted molar refractivity (Wildman–Crippen MR) is 117 cm³/mol. The Morgan fingerprint density at radius 2 is 2.03 bits per heavy atom. The number of nitrogens with one attached hydrogen (secondary N) is 1. The van der Waals surface area contributed by atoms with Gasteiger partial charge >= 0.3 is 5.97 Å². The van der Waals surface area contributed by atoms with Crippen LogP contribution in [0, 0.1) is 5.82 Å². The molecule has 1 heterocycles. The van der Waals surface area contributed by atoms with Gasteiger partial charge in [0.15, 0.2) is 5.17 Å². The Labute approximate surface area is 183 Å². The number of benzene rings is 2. The van der Waals surface area contributed by atoms with Gasteiger partial charge in [-0.2, -0.15) is 0 Å². The number of aliphatic imine (C=N–C) groups is 1. The molecule has 4 nitrogen and oxygen atoms in total. The molecule has 8 heteroatoms. The molecular formula is C21H19Cl2FN2O2S. The van der Waals surface area contributed by atoms with Crippen LogP contribution in [0.3, 0.4) is 0 Å². The molecule has 0 unspecified atom stereocenters. The first-order valence-electron chi connectivity index (χ1n) is 8.94. The van der Waals surface area contributed by atoms with Gasteiger partial charge in [-0.3, -0.25) is 0 Å². The largest absolute Gasteiger partial charge is 0.463 e. The maximum atomic E-state index is 13.4. The van der Waals surface area contributed by atoms with E-state index in [1.54, 1.807) is 38.1 Å². The number of nitrogens with zero attached hydrogens (tertiary/aromatic N) is 1. The molecule has 0 fully saturated rings. The van der Waals surface area contributed by atoms with Crippen molar-refractivity contribution in [3.63, 3.8) is 0 Å². The van der Waals surface area contributed by atoms with Gasteiger partial charge in [-0.25, -0.2) is 14.2 Å². The number of amidine groups is 1. The fourth-order valence-corrected chi connectivity index (χ4v) is 4.23. The molecule has 2 aromatic rings. The number of hydrogen-bond donors (Lipinski definition) is 1. The molecule has 0 bridgehead atoms. The summed E-state index contributed by atoms with van der Waals surface area (Å²) >= 11 is 14.0. The smallest absolute Gasteiger partial charge is 0.338 e. The van der Waals surface area contributed by atoms with E-state index in [0.717, 1.165) is 5.56 Å². The van der Waals surface area contributed by atoms with Crippen molar-refractivity contribution in [2.24, 2.45) is 4.99 Å². The average molecular weight is 453 g/mol. The van der Waals surface area contributed by atoms with E-state index in [2.05, 4.69) is 5.32 Å². The van der Waals surface area contributed by atoms with Crippen molar-refractivity contribution in [1.82, 2.24) is 5.32 Å². The number of rotatable bonds is 5. The number of hydrogen-bond acceptors (Lipinski definition) is 5. The molecule has 1 aliphatic rings. The van der Waals surface area contributed by atoms with Crippen LogP contribution in [0.1, 0.15) is 31.0 Å². The monoisotopic (exact) mass is 452 g/mol. The standard InChI is InChI=1S/C21H19Cl2FN2O2S/c1-3-28-20(27)17-12(2)25-21(29-11-13-6-4-7-14(24)10-13)26-19(17)15-8-5-9-16(22)18(15)23/h4-10,19H,3,11H2,1-2H3,(H,25,26)/t19-/m1/s1. The molecule has 0 amide bonds. The third-order valence-electron chi connectivity index (χ3n) is 4.25. The van der Waals surface area contributed by atoms with Crippen molar-refractivity contribution < 1.29 is 13.9 Å². The summed E-state index contributed by atoms with van der Waals surface area (Å²) in [5, 5.41) is 4.47. The van der Waals surface area contributed by atoms with E-state index >= 15 is 0 Å². The fraction of sp³-hybridized carbons (Fsp3) is 0.238. The first-order chi connectivity index (χ1) is 13.9. The summed E-state index contributed by atoms with van der Waals surface area (Å²) < 4.78 is 18.7. The minimum absolute atomic E-state index is 0.247. The molecule has 0 saturated heterocycles. The van der Waals surface area contributed by atoms with E-state index in [-0.39, 0.29) is 12.4 Å². The SMILES string of the molecule is CCOC(=O)C1=C(C)NC(SCc2cccc(F)c2)=N[C@@H]1c1cccc(Cl)c1Cl. The van der Waals surface area contributed by atoms with Gasteiger partial charge < -0.3 is 10.1 Å². The second-order valence-corrected chi connectivity index (χ2v) is 8.03. The highest BCUT2D eigenvalue weighted by molar-refractivity contribution is 8.13. The van der Waals surface area contributed by atoms with E-state index in [1.807, 2.05) is 6.07 Å². The Bertz CT molecular complexity index is 994.